The summed E-state index contributed by atoms with van der Waals surface area (Å²) in [4.78, 5) is 213. The molecule has 147 heavy (non-hydrogen) atoms. The van der Waals surface area contributed by atoms with Crippen molar-refractivity contribution in [1.82, 2.24) is 68.6 Å². The SMILES string of the molecule is CC(O)CN1CCN(CC(=O)O)CCN(CC(=O)O)CCN(CC(=O)O)CC1.CCOc1ccc(CC(CN(CCN(CC(=O)O)CC(=O)O)CC(=O)O)N(CC(=O)O)CC(=O)O)cc1.O=C(O)CN(CCN(CC(=O)O)CC(COP(=O)(O)OC1CCC(c2ccccc2)(c2ccccc2)CC1)N(CC(=O)O)CC(=O)O)CC(=O)O.O=C(O)CN1CCN(CC(=O)O)CCN(C(CO)C(O)CO)CCN(CC(=O)O)CC1. The van der Waals surface area contributed by atoms with Gasteiger partial charge >= 0.3 is 103 Å². The molecule has 0 amide bonds. The number of aliphatic carboxylic acids is 16. The third kappa shape index (κ3) is 57.5. The first-order valence-corrected chi connectivity index (χ1v) is 48.5. The molecular weight excluding hydrogens is 1980 g/mol. The van der Waals surface area contributed by atoms with E-state index in [1.165, 1.54) is 14.7 Å². The van der Waals surface area contributed by atoms with Crippen molar-refractivity contribution in [1.29, 1.82) is 0 Å². The second-order valence-corrected chi connectivity index (χ2v) is 36.7. The summed E-state index contributed by atoms with van der Waals surface area (Å²) in [6.07, 6.45) is -0.329. The highest BCUT2D eigenvalue weighted by Gasteiger charge is 2.42. The standard InChI is InChI=1S/C33H44N3O14P.C23H33N3O11.C18H34N4O9.C17H32N4O7/c37-28(38)18-34(15-16-35(19-29(39)40)20-30(41)42)17-26(36(21-31(43)44)22-32(45)46)23-49-51(47,48)50-27-11-13-33(14-12-27,24-7-3-1-4-8-24)25-9-5-2-6-10-25;1-2-37-18-5-3-16(4-6-18)9-17(26(14-22(33)34)15-23(35)36)10-24(11-19(27)28)7-8-25(12-20(29)30)13-21(31)32;23-12-14(15(25)13-24)22-7-5-20(10-17(28)29)3-1-19(9-16(26)27)2-4-21(6-8-22)11-18(30)31;1-14(22)10-18-2-4-19(11-15(23)24)6-8-21(13-17(27)28)9-7-20(5-3-18)12-16(25)26/h1-10,26-27H,11-23H2,(H,37,38)(H,39,40)(H,41,42)(H,43,44)(H,45,46)(H,47,48);3-6,17H,2,7-15H2,1H3,(H,27,28)(H,29,30)(H,31,32)(H,33,34)(H,35,36);14-15,23-25H,1-13H2,(H,26,27)(H,28,29)(H,30,31);14,22H,2-13H2,1H3,(H,23,24)(H,25,26)(H,27,28). The summed E-state index contributed by atoms with van der Waals surface area (Å²) < 4.78 is 29.6. The van der Waals surface area contributed by atoms with E-state index in [4.69, 9.17) is 54.6 Å². The lowest BCUT2D eigenvalue weighted by Gasteiger charge is -2.41. The Balaban J connectivity index is 0.000000518. The van der Waals surface area contributed by atoms with Gasteiger partial charge in [0.15, 0.2) is 0 Å². The van der Waals surface area contributed by atoms with Crippen LogP contribution in [0.5, 0.6) is 5.75 Å². The zero-order valence-electron chi connectivity index (χ0n) is 82.3. The molecule has 56 heteroatoms. The maximum atomic E-state index is 13.3. The second kappa shape index (κ2) is 69.6. The smallest absolute Gasteiger partial charge is 0.472 e. The van der Waals surface area contributed by atoms with E-state index in [1.54, 1.807) is 65.5 Å². The molecule has 3 aliphatic rings. The van der Waals surface area contributed by atoms with Gasteiger partial charge in [-0.25, -0.2) is 4.57 Å². The Morgan fingerprint density at radius 1 is 0.374 bits per heavy atom. The van der Waals surface area contributed by atoms with Crippen LogP contribution in [0.2, 0.25) is 0 Å². The van der Waals surface area contributed by atoms with E-state index in [-0.39, 0.29) is 136 Å². The highest BCUT2D eigenvalue weighted by atomic mass is 31.2. The molecule has 2 heterocycles. The molecular formula is C91H143N14O41P. The summed E-state index contributed by atoms with van der Waals surface area (Å²) in [6, 6.07) is 23.9. The van der Waals surface area contributed by atoms with Crippen molar-refractivity contribution < 1.29 is 202 Å². The van der Waals surface area contributed by atoms with Crippen molar-refractivity contribution in [3.8, 4) is 5.75 Å². The number of nitrogens with zero attached hydrogens (tertiary/aromatic N) is 14. The van der Waals surface area contributed by atoms with E-state index in [9.17, 15) is 147 Å². The Kier molecular flexibility index (Phi) is 61.3. The van der Waals surface area contributed by atoms with Crippen LogP contribution in [0.3, 0.4) is 0 Å². The average Bonchev–Trinajstić information content (AvgIpc) is 0.765. The number of hydrogen-bond acceptors (Lipinski definition) is 38. The minimum Gasteiger partial charge on any atom is -0.494 e. The predicted molar refractivity (Wildman–Crippen MR) is 515 cm³/mol. The minimum atomic E-state index is -4.84. The summed E-state index contributed by atoms with van der Waals surface area (Å²) in [5.41, 5.74) is 2.55. The predicted octanol–water partition coefficient (Wildman–Crippen LogP) is -4.91. The molecule has 6 unspecified atom stereocenters. The maximum Gasteiger partial charge on any atom is 0.472 e. The van der Waals surface area contributed by atoms with Crippen molar-refractivity contribution in [2.75, 3.05) is 282 Å². The Hall–Kier alpha value is -11.6. The zero-order valence-corrected chi connectivity index (χ0v) is 83.1. The van der Waals surface area contributed by atoms with Gasteiger partial charge in [0.05, 0.1) is 155 Å². The molecule has 3 fully saturated rings. The molecule has 0 spiro atoms. The number of aliphatic hydroxyl groups excluding tert-OH is 4. The number of carboxylic acid groups (broad SMARTS) is 16. The fourth-order valence-electron chi connectivity index (χ4n) is 16.8. The number of benzene rings is 3. The van der Waals surface area contributed by atoms with Gasteiger partial charge in [0.1, 0.15) is 5.75 Å². The number of β-amino-alcohol motifs (C(OH)–C–C–N with tert-alkyl or cyclic N) is 1. The Labute approximate surface area is 847 Å². The molecule has 0 bridgehead atoms. The van der Waals surface area contributed by atoms with Crippen LogP contribution in [0.4, 0.5) is 0 Å². The molecule has 2 saturated heterocycles. The summed E-state index contributed by atoms with van der Waals surface area (Å²) in [5, 5.41) is 187. The number of phosphoric ester groups is 1. The average molecular weight is 2120 g/mol. The number of hydrogen-bond donors (Lipinski definition) is 21. The molecule has 6 rings (SSSR count). The highest BCUT2D eigenvalue weighted by Crippen LogP contribution is 2.51. The molecule has 2 aliphatic heterocycles. The highest BCUT2D eigenvalue weighted by molar-refractivity contribution is 7.47. The summed E-state index contributed by atoms with van der Waals surface area (Å²) in [6.45, 7) is -0.739. The minimum absolute atomic E-state index is 0.0549. The van der Waals surface area contributed by atoms with Crippen molar-refractivity contribution in [3.63, 3.8) is 0 Å². The quantitative estimate of drug-likeness (QED) is 0.0236. The van der Waals surface area contributed by atoms with E-state index >= 15 is 0 Å². The van der Waals surface area contributed by atoms with Crippen molar-refractivity contribution in [3.05, 3.63) is 102 Å². The van der Waals surface area contributed by atoms with Gasteiger partial charge in [-0.1, -0.05) is 72.8 Å². The number of rotatable bonds is 61. The van der Waals surface area contributed by atoms with E-state index in [0.29, 0.717) is 96.9 Å². The molecule has 55 nitrogen and oxygen atoms in total. The lowest BCUT2D eigenvalue weighted by atomic mass is 9.65. The molecule has 1 saturated carbocycles. The van der Waals surface area contributed by atoms with Crippen LogP contribution in [0, 0.1) is 0 Å². The lowest BCUT2D eigenvalue weighted by molar-refractivity contribution is -0.145. The molecule has 3 aromatic carbocycles. The molecule has 0 radical (unpaired) electrons. The number of ether oxygens (including phenoxy) is 1. The molecule has 828 valence electrons. The van der Waals surface area contributed by atoms with Gasteiger partial charge in [-0.05, 0) is 74.8 Å². The third-order valence-electron chi connectivity index (χ3n) is 23.6. The fraction of sp³-hybridized carbons (Fsp3) is 0.626. The van der Waals surface area contributed by atoms with E-state index in [2.05, 4.69) is 0 Å². The first-order valence-electron chi connectivity index (χ1n) is 47.0. The lowest BCUT2D eigenvalue weighted by Crippen LogP contribution is -2.54. The summed E-state index contributed by atoms with van der Waals surface area (Å²) >= 11 is 0. The fourth-order valence-corrected chi connectivity index (χ4v) is 17.8. The summed E-state index contributed by atoms with van der Waals surface area (Å²) in [7, 11) is -4.84. The normalized spacial score (nSPS) is 17.1. The monoisotopic (exact) mass is 2120 g/mol. The van der Waals surface area contributed by atoms with Gasteiger partial charge in [-0.15, -0.1) is 0 Å². The third-order valence-corrected chi connectivity index (χ3v) is 24.6. The molecule has 1 aliphatic carbocycles. The molecule has 6 atom stereocenters. The van der Waals surface area contributed by atoms with E-state index < -0.39 is 232 Å². The van der Waals surface area contributed by atoms with Gasteiger partial charge in [0, 0.05) is 168 Å². The second-order valence-electron chi connectivity index (χ2n) is 35.3. The zero-order chi connectivity index (χ0) is 110. The van der Waals surface area contributed by atoms with Gasteiger partial charge in [-0.3, -0.25) is 154 Å². The van der Waals surface area contributed by atoms with Crippen molar-refractivity contribution in [2.45, 2.75) is 87.8 Å². The van der Waals surface area contributed by atoms with Crippen molar-refractivity contribution in [2.24, 2.45) is 0 Å². The number of carboxylic acids is 16. The Morgan fingerprint density at radius 3 is 0.946 bits per heavy atom. The van der Waals surface area contributed by atoms with E-state index in [0.717, 1.165) is 31.4 Å². The Morgan fingerprint density at radius 2 is 0.660 bits per heavy atom. The molecule has 21 N–H and O–H groups in total. The van der Waals surface area contributed by atoms with Crippen LogP contribution < -0.4 is 4.74 Å². The van der Waals surface area contributed by atoms with Crippen molar-refractivity contribution >= 4 is 103 Å². The maximum absolute atomic E-state index is 13.3. The van der Waals surface area contributed by atoms with Crippen LogP contribution in [-0.4, -0.2) is 589 Å². The topological polar surface area (TPSA) is 788 Å². The van der Waals surface area contributed by atoms with Crippen LogP contribution >= 0.6 is 7.82 Å². The van der Waals surface area contributed by atoms with Crippen LogP contribution in [0.1, 0.15) is 56.2 Å². The van der Waals surface area contributed by atoms with Gasteiger partial charge < -0.3 is 112 Å². The first-order chi connectivity index (χ1) is 69.3. The number of carbonyl (C=O) groups is 16. The summed E-state index contributed by atoms with van der Waals surface area (Å²) in [5.74, 6) is -18.5. The van der Waals surface area contributed by atoms with Gasteiger partial charge in [-0.2, -0.15) is 0 Å². The Bertz CT molecular complexity index is 4450. The largest absolute Gasteiger partial charge is 0.494 e. The van der Waals surface area contributed by atoms with Gasteiger partial charge in [0.25, 0.3) is 0 Å². The number of phosphoric acid groups is 1. The van der Waals surface area contributed by atoms with Crippen LogP contribution in [-0.2, 0) is 102 Å². The van der Waals surface area contributed by atoms with Crippen LogP contribution in [0.25, 0.3) is 0 Å². The van der Waals surface area contributed by atoms with E-state index in [1.807, 2.05) is 72.5 Å². The van der Waals surface area contributed by atoms with Gasteiger partial charge in [0.2, 0.25) is 0 Å². The number of aliphatic hydroxyl groups is 4. The molecule has 0 aromatic heterocycles. The van der Waals surface area contributed by atoms with Crippen LogP contribution in [0.15, 0.2) is 84.9 Å². The molecule has 3 aromatic rings. The first kappa shape index (κ1) is 130.